The largest absolute Gasteiger partial charge is 0.344 e. The average molecular weight is 405 g/mol. The molecule has 2 heterocycles. The number of thiophene rings is 2. The van der Waals surface area contributed by atoms with E-state index >= 15 is 0 Å². The lowest BCUT2D eigenvalue weighted by Crippen LogP contribution is -2.21. The molecule has 26 heavy (non-hydrogen) atoms. The Kier molecular flexibility index (Phi) is 6.17. The van der Waals surface area contributed by atoms with E-state index in [9.17, 15) is 20.1 Å². The number of nitrogens with zero attached hydrogens (tertiary/aromatic N) is 3. The van der Waals surface area contributed by atoms with E-state index in [1.54, 1.807) is 33.2 Å². The van der Waals surface area contributed by atoms with Crippen molar-refractivity contribution in [2.24, 2.45) is 0 Å². The standard InChI is InChI=1S/C17H13ClN4O2S2/c1-9-12(8-20)16(26-14(9)17(24)22(2)3)21-15(23)10(7-19)6-11-4-5-13(18)25-11/h4-6H,1-3H3,(H,21,23)/b10-6+. The van der Waals surface area contributed by atoms with Crippen LogP contribution in [-0.2, 0) is 4.79 Å². The summed E-state index contributed by atoms with van der Waals surface area (Å²) in [5, 5.41) is 21.4. The van der Waals surface area contributed by atoms with Crippen LogP contribution in [0.5, 0.6) is 0 Å². The Morgan fingerprint density at radius 3 is 2.46 bits per heavy atom. The molecule has 0 bridgehead atoms. The monoisotopic (exact) mass is 404 g/mol. The third-order valence-corrected chi connectivity index (χ3v) is 5.71. The molecule has 6 nitrogen and oxygen atoms in total. The van der Waals surface area contributed by atoms with Gasteiger partial charge >= 0.3 is 0 Å². The Morgan fingerprint density at radius 2 is 1.96 bits per heavy atom. The molecule has 0 spiro atoms. The molecule has 9 heteroatoms. The van der Waals surface area contributed by atoms with E-state index in [1.807, 2.05) is 12.1 Å². The number of carbonyl (C=O) groups excluding carboxylic acids is 2. The van der Waals surface area contributed by atoms with Gasteiger partial charge in [-0.3, -0.25) is 9.59 Å². The Balaban J connectivity index is 2.35. The number of anilines is 1. The number of nitrogens with one attached hydrogen (secondary N) is 1. The zero-order chi connectivity index (χ0) is 19.4. The van der Waals surface area contributed by atoms with Crippen molar-refractivity contribution in [3.05, 3.63) is 42.9 Å². The van der Waals surface area contributed by atoms with Gasteiger partial charge in [0.25, 0.3) is 11.8 Å². The van der Waals surface area contributed by atoms with E-state index in [-0.39, 0.29) is 22.0 Å². The first-order chi connectivity index (χ1) is 12.3. The summed E-state index contributed by atoms with van der Waals surface area (Å²) in [7, 11) is 3.21. The lowest BCUT2D eigenvalue weighted by Gasteiger charge is -2.08. The van der Waals surface area contributed by atoms with Crippen molar-refractivity contribution in [1.82, 2.24) is 4.90 Å². The summed E-state index contributed by atoms with van der Waals surface area (Å²) in [6.07, 6.45) is 1.42. The number of hydrogen-bond acceptors (Lipinski definition) is 6. The predicted octanol–water partition coefficient (Wildman–Crippen LogP) is 3.89. The maximum absolute atomic E-state index is 12.4. The van der Waals surface area contributed by atoms with E-state index in [1.165, 1.54) is 22.3 Å². The van der Waals surface area contributed by atoms with Gasteiger partial charge in [-0.2, -0.15) is 10.5 Å². The number of halogens is 1. The minimum absolute atomic E-state index is 0.126. The van der Waals surface area contributed by atoms with Crippen LogP contribution in [0.3, 0.4) is 0 Å². The van der Waals surface area contributed by atoms with Crippen molar-refractivity contribution >= 4 is 57.2 Å². The highest BCUT2D eigenvalue weighted by Crippen LogP contribution is 2.33. The Morgan fingerprint density at radius 1 is 1.27 bits per heavy atom. The van der Waals surface area contributed by atoms with Crippen LogP contribution in [0, 0.1) is 29.6 Å². The van der Waals surface area contributed by atoms with Gasteiger partial charge in [-0.15, -0.1) is 22.7 Å². The molecule has 1 N–H and O–H groups in total. The summed E-state index contributed by atoms with van der Waals surface area (Å²) in [5.41, 5.74) is 0.586. The van der Waals surface area contributed by atoms with Gasteiger partial charge < -0.3 is 10.2 Å². The predicted molar refractivity (Wildman–Crippen MR) is 103 cm³/mol. The van der Waals surface area contributed by atoms with E-state index < -0.39 is 5.91 Å². The molecule has 0 atom stereocenters. The van der Waals surface area contributed by atoms with Crippen molar-refractivity contribution in [3.63, 3.8) is 0 Å². The molecule has 0 saturated carbocycles. The second-order valence-electron chi connectivity index (χ2n) is 5.34. The van der Waals surface area contributed by atoms with Crippen LogP contribution >= 0.6 is 34.3 Å². The van der Waals surface area contributed by atoms with Crippen LogP contribution < -0.4 is 5.32 Å². The number of nitriles is 2. The fourth-order valence-electron chi connectivity index (χ4n) is 2.01. The topological polar surface area (TPSA) is 97.0 Å². The average Bonchev–Trinajstić information content (AvgIpc) is 3.14. The summed E-state index contributed by atoms with van der Waals surface area (Å²) < 4.78 is 0.543. The summed E-state index contributed by atoms with van der Waals surface area (Å²) in [6, 6.07) is 7.20. The van der Waals surface area contributed by atoms with Crippen molar-refractivity contribution in [3.8, 4) is 12.1 Å². The summed E-state index contributed by atoms with van der Waals surface area (Å²) in [5.74, 6) is -0.910. The molecule has 0 saturated heterocycles. The van der Waals surface area contributed by atoms with Crippen LogP contribution in [0.4, 0.5) is 5.00 Å². The lowest BCUT2D eigenvalue weighted by molar-refractivity contribution is -0.112. The molecule has 2 aromatic rings. The van der Waals surface area contributed by atoms with Crippen LogP contribution in [-0.4, -0.2) is 30.8 Å². The Labute approximate surface area is 163 Å². The molecular weight excluding hydrogens is 392 g/mol. The zero-order valence-electron chi connectivity index (χ0n) is 14.1. The highest BCUT2D eigenvalue weighted by atomic mass is 35.5. The summed E-state index contributed by atoms with van der Waals surface area (Å²) in [4.78, 5) is 27.1. The number of carbonyl (C=O) groups is 2. The highest BCUT2D eigenvalue weighted by Gasteiger charge is 2.23. The van der Waals surface area contributed by atoms with Gasteiger partial charge in [0, 0.05) is 19.0 Å². The molecule has 0 aliphatic rings. The minimum Gasteiger partial charge on any atom is -0.344 e. The van der Waals surface area contributed by atoms with Gasteiger partial charge in [-0.25, -0.2) is 0 Å². The van der Waals surface area contributed by atoms with Crippen LogP contribution in [0.25, 0.3) is 6.08 Å². The van der Waals surface area contributed by atoms with Gasteiger partial charge in [0.15, 0.2) is 0 Å². The van der Waals surface area contributed by atoms with Gasteiger partial charge in [-0.05, 0) is 30.7 Å². The third kappa shape index (κ3) is 4.12. The number of amides is 2. The third-order valence-electron chi connectivity index (χ3n) is 3.33. The number of rotatable bonds is 4. The lowest BCUT2D eigenvalue weighted by atomic mass is 10.1. The van der Waals surface area contributed by atoms with Gasteiger partial charge in [-0.1, -0.05) is 11.6 Å². The maximum atomic E-state index is 12.4. The highest BCUT2D eigenvalue weighted by molar-refractivity contribution is 7.18. The first-order valence-corrected chi connectivity index (χ1v) is 9.23. The SMILES string of the molecule is Cc1c(C(=O)N(C)C)sc(NC(=O)/C(C#N)=C/c2ccc(Cl)s2)c1C#N. The number of hydrogen-bond donors (Lipinski definition) is 1. The summed E-state index contributed by atoms with van der Waals surface area (Å²) >= 11 is 8.09. The van der Waals surface area contributed by atoms with Crippen LogP contribution in [0.1, 0.15) is 25.7 Å². The first kappa shape index (κ1) is 19.7. The molecular formula is C17H13ClN4O2S2. The fraction of sp³-hybridized carbons (Fsp3) is 0.176. The van der Waals surface area contributed by atoms with Crippen LogP contribution in [0.15, 0.2) is 17.7 Å². The maximum Gasteiger partial charge on any atom is 0.267 e. The van der Waals surface area contributed by atoms with Crippen molar-refractivity contribution in [2.75, 3.05) is 19.4 Å². The normalized spacial score (nSPS) is 10.8. The molecule has 0 aromatic carbocycles. The van der Waals surface area contributed by atoms with E-state index in [2.05, 4.69) is 5.32 Å². The smallest absolute Gasteiger partial charge is 0.267 e. The molecule has 132 valence electrons. The Hall–Kier alpha value is -2.65. The molecule has 0 fully saturated rings. The minimum atomic E-state index is -0.654. The van der Waals surface area contributed by atoms with Crippen molar-refractivity contribution in [2.45, 2.75) is 6.92 Å². The molecule has 2 rings (SSSR count). The zero-order valence-corrected chi connectivity index (χ0v) is 16.5. The second kappa shape index (κ2) is 8.15. The van der Waals surface area contributed by atoms with Gasteiger partial charge in [0.2, 0.25) is 0 Å². The molecule has 0 aliphatic carbocycles. The molecule has 0 unspecified atom stereocenters. The second-order valence-corrected chi connectivity index (χ2v) is 8.10. The van der Waals surface area contributed by atoms with Crippen molar-refractivity contribution in [1.29, 1.82) is 10.5 Å². The van der Waals surface area contributed by atoms with E-state index in [0.29, 0.717) is 19.7 Å². The van der Waals surface area contributed by atoms with Crippen molar-refractivity contribution < 1.29 is 9.59 Å². The first-order valence-electron chi connectivity index (χ1n) is 7.22. The molecule has 2 amide bonds. The molecule has 0 radical (unpaired) electrons. The fourth-order valence-corrected chi connectivity index (χ4v) is 4.19. The van der Waals surface area contributed by atoms with Crippen LogP contribution in [0.2, 0.25) is 4.34 Å². The molecule has 2 aromatic heterocycles. The summed E-state index contributed by atoms with van der Waals surface area (Å²) in [6.45, 7) is 1.65. The van der Waals surface area contributed by atoms with Gasteiger partial charge in [0.05, 0.1) is 14.8 Å². The quantitative estimate of drug-likeness (QED) is 0.617. The van der Waals surface area contributed by atoms with E-state index in [0.717, 1.165) is 11.3 Å². The Bertz CT molecular complexity index is 990. The molecule has 0 aliphatic heterocycles. The van der Waals surface area contributed by atoms with Gasteiger partial charge in [0.1, 0.15) is 22.7 Å². The van der Waals surface area contributed by atoms with E-state index in [4.69, 9.17) is 11.6 Å².